The fourth-order valence-corrected chi connectivity index (χ4v) is 1.71. The molecule has 0 spiro atoms. The van der Waals surface area contributed by atoms with Gasteiger partial charge in [-0.3, -0.25) is 9.89 Å². The predicted octanol–water partition coefficient (Wildman–Crippen LogP) is 1.85. The second-order valence-electron chi connectivity index (χ2n) is 5.04. The molecule has 1 aliphatic carbocycles. The van der Waals surface area contributed by atoms with E-state index in [1.165, 1.54) is 19.3 Å². The maximum Gasteiger partial charge on any atom is 0.290 e. The summed E-state index contributed by atoms with van der Waals surface area (Å²) in [5.41, 5.74) is 0. The number of aromatic amines is 1. The molecule has 2 N–H and O–H groups in total. The Hall–Kier alpha value is -1.39. The summed E-state index contributed by atoms with van der Waals surface area (Å²) >= 11 is 0. The van der Waals surface area contributed by atoms with E-state index >= 15 is 0 Å². The summed E-state index contributed by atoms with van der Waals surface area (Å²) in [6, 6.07) is 0. The lowest BCUT2D eigenvalue weighted by atomic mass is 10.2. The minimum Gasteiger partial charge on any atom is -0.349 e. The van der Waals surface area contributed by atoms with Gasteiger partial charge in [0, 0.05) is 12.5 Å². The van der Waals surface area contributed by atoms with Crippen molar-refractivity contribution in [2.24, 2.45) is 5.92 Å². The van der Waals surface area contributed by atoms with Gasteiger partial charge in [0.1, 0.15) is 5.82 Å². The van der Waals surface area contributed by atoms with Gasteiger partial charge >= 0.3 is 0 Å². The standard InChI is InChI=1S/C12H20N4O/c1-8(2)10-14-11(16-15-10)12(17)13-7-3-4-9-5-6-9/h8-9H,3-7H2,1-2H3,(H,13,17)(H,14,15,16). The van der Waals surface area contributed by atoms with Crippen molar-refractivity contribution in [1.29, 1.82) is 0 Å². The lowest BCUT2D eigenvalue weighted by Crippen LogP contribution is -2.25. The second kappa shape index (κ2) is 5.29. The predicted molar refractivity (Wildman–Crippen MR) is 64.8 cm³/mol. The molecule has 2 rings (SSSR count). The molecule has 5 heteroatoms. The highest BCUT2D eigenvalue weighted by molar-refractivity contribution is 5.90. The van der Waals surface area contributed by atoms with Crippen molar-refractivity contribution in [3.63, 3.8) is 0 Å². The van der Waals surface area contributed by atoms with Gasteiger partial charge in [0.05, 0.1) is 0 Å². The molecule has 0 aromatic carbocycles. The first-order valence-corrected chi connectivity index (χ1v) is 6.37. The van der Waals surface area contributed by atoms with Gasteiger partial charge in [0.15, 0.2) is 0 Å². The number of rotatable bonds is 6. The normalized spacial score (nSPS) is 15.2. The van der Waals surface area contributed by atoms with Gasteiger partial charge in [0.25, 0.3) is 5.91 Å². The van der Waals surface area contributed by atoms with Crippen molar-refractivity contribution >= 4 is 5.91 Å². The highest BCUT2D eigenvalue weighted by atomic mass is 16.2. The van der Waals surface area contributed by atoms with Gasteiger partial charge in [-0.2, -0.15) is 0 Å². The molecule has 94 valence electrons. The van der Waals surface area contributed by atoms with E-state index in [1.807, 2.05) is 13.8 Å². The van der Waals surface area contributed by atoms with E-state index in [0.717, 1.165) is 24.7 Å². The second-order valence-corrected chi connectivity index (χ2v) is 5.04. The number of nitrogens with zero attached hydrogens (tertiary/aromatic N) is 2. The molecule has 1 heterocycles. The third kappa shape index (κ3) is 3.54. The van der Waals surface area contributed by atoms with E-state index in [1.54, 1.807) is 0 Å². The van der Waals surface area contributed by atoms with Crippen molar-refractivity contribution in [2.45, 2.75) is 45.4 Å². The summed E-state index contributed by atoms with van der Waals surface area (Å²) < 4.78 is 0. The third-order valence-corrected chi connectivity index (χ3v) is 3.02. The molecular formula is C12H20N4O. The van der Waals surface area contributed by atoms with Crippen LogP contribution < -0.4 is 5.32 Å². The summed E-state index contributed by atoms with van der Waals surface area (Å²) in [6.07, 6.45) is 5.02. The topological polar surface area (TPSA) is 70.7 Å². The molecule has 0 unspecified atom stereocenters. The van der Waals surface area contributed by atoms with Crippen LogP contribution in [0.4, 0.5) is 0 Å². The average molecular weight is 236 g/mol. The van der Waals surface area contributed by atoms with Gasteiger partial charge in [-0.05, 0) is 18.8 Å². The number of hydrogen-bond acceptors (Lipinski definition) is 3. The zero-order chi connectivity index (χ0) is 12.3. The van der Waals surface area contributed by atoms with E-state index in [-0.39, 0.29) is 17.6 Å². The summed E-state index contributed by atoms with van der Waals surface area (Å²) in [5.74, 6) is 2.01. The quantitative estimate of drug-likeness (QED) is 0.740. The zero-order valence-electron chi connectivity index (χ0n) is 10.5. The third-order valence-electron chi connectivity index (χ3n) is 3.02. The Balaban J connectivity index is 1.73. The van der Waals surface area contributed by atoms with Crippen molar-refractivity contribution < 1.29 is 4.79 Å². The number of H-pyrrole nitrogens is 1. The van der Waals surface area contributed by atoms with Crippen LogP contribution in [-0.4, -0.2) is 27.6 Å². The average Bonchev–Trinajstić information content (AvgIpc) is 2.97. The van der Waals surface area contributed by atoms with Gasteiger partial charge < -0.3 is 5.32 Å². The largest absolute Gasteiger partial charge is 0.349 e. The van der Waals surface area contributed by atoms with Gasteiger partial charge in [-0.15, -0.1) is 5.10 Å². The Kier molecular flexibility index (Phi) is 3.76. The van der Waals surface area contributed by atoms with E-state index < -0.39 is 0 Å². The van der Waals surface area contributed by atoms with Crippen LogP contribution in [0.15, 0.2) is 0 Å². The van der Waals surface area contributed by atoms with Crippen LogP contribution in [0.3, 0.4) is 0 Å². The number of carbonyl (C=O) groups excluding carboxylic acids is 1. The lowest BCUT2D eigenvalue weighted by molar-refractivity contribution is 0.0943. The number of amides is 1. The SMILES string of the molecule is CC(C)c1nc(C(=O)NCCCC2CC2)n[nH]1. The molecule has 0 bridgehead atoms. The summed E-state index contributed by atoms with van der Waals surface area (Å²) in [5, 5.41) is 9.55. The first-order valence-electron chi connectivity index (χ1n) is 6.37. The number of hydrogen-bond donors (Lipinski definition) is 2. The fourth-order valence-electron chi connectivity index (χ4n) is 1.71. The molecule has 1 aliphatic rings. The molecule has 1 aromatic heterocycles. The molecule has 0 atom stereocenters. The molecule has 1 saturated carbocycles. The van der Waals surface area contributed by atoms with Gasteiger partial charge in [0.2, 0.25) is 5.82 Å². The highest BCUT2D eigenvalue weighted by Gasteiger charge is 2.20. The fraction of sp³-hybridized carbons (Fsp3) is 0.750. The summed E-state index contributed by atoms with van der Waals surface area (Å²) in [6.45, 7) is 4.75. The van der Waals surface area contributed by atoms with Gasteiger partial charge in [-0.1, -0.05) is 26.7 Å². The Labute approximate surface area is 101 Å². The van der Waals surface area contributed by atoms with Crippen LogP contribution in [0.2, 0.25) is 0 Å². The van der Waals surface area contributed by atoms with Crippen LogP contribution in [0, 0.1) is 5.92 Å². The van der Waals surface area contributed by atoms with Crippen molar-refractivity contribution in [3.8, 4) is 0 Å². The van der Waals surface area contributed by atoms with E-state index in [2.05, 4.69) is 20.5 Å². The maximum atomic E-state index is 11.7. The summed E-state index contributed by atoms with van der Waals surface area (Å²) in [4.78, 5) is 15.8. The van der Waals surface area contributed by atoms with Crippen LogP contribution in [0.25, 0.3) is 0 Å². The van der Waals surface area contributed by atoms with Crippen molar-refractivity contribution in [1.82, 2.24) is 20.5 Å². The number of nitrogens with one attached hydrogen (secondary N) is 2. The molecule has 1 aromatic rings. The first-order chi connectivity index (χ1) is 8.16. The molecule has 5 nitrogen and oxygen atoms in total. The maximum absolute atomic E-state index is 11.7. The zero-order valence-corrected chi connectivity index (χ0v) is 10.5. The van der Waals surface area contributed by atoms with Crippen molar-refractivity contribution in [3.05, 3.63) is 11.6 Å². The van der Waals surface area contributed by atoms with E-state index in [0.29, 0.717) is 0 Å². The molecule has 17 heavy (non-hydrogen) atoms. The van der Waals surface area contributed by atoms with Crippen LogP contribution in [-0.2, 0) is 0 Å². The Morgan fingerprint density at radius 2 is 2.29 bits per heavy atom. The summed E-state index contributed by atoms with van der Waals surface area (Å²) in [7, 11) is 0. The number of aromatic nitrogens is 3. The molecular weight excluding hydrogens is 216 g/mol. The van der Waals surface area contributed by atoms with Gasteiger partial charge in [-0.25, -0.2) is 4.98 Å². The lowest BCUT2D eigenvalue weighted by Gasteiger charge is -2.01. The Bertz CT molecular complexity index is 382. The van der Waals surface area contributed by atoms with E-state index in [4.69, 9.17) is 0 Å². The minimum atomic E-state index is -0.177. The first kappa shape index (κ1) is 12.1. The molecule has 1 amide bonds. The molecule has 0 saturated heterocycles. The highest BCUT2D eigenvalue weighted by Crippen LogP contribution is 2.33. The Morgan fingerprint density at radius 3 is 2.88 bits per heavy atom. The van der Waals surface area contributed by atoms with Crippen molar-refractivity contribution in [2.75, 3.05) is 6.54 Å². The monoisotopic (exact) mass is 236 g/mol. The smallest absolute Gasteiger partial charge is 0.290 e. The van der Waals surface area contributed by atoms with Crippen LogP contribution in [0.5, 0.6) is 0 Å². The molecule has 0 radical (unpaired) electrons. The van der Waals surface area contributed by atoms with E-state index in [9.17, 15) is 4.79 Å². The molecule has 0 aliphatic heterocycles. The van der Waals surface area contributed by atoms with Crippen LogP contribution in [0.1, 0.15) is 61.9 Å². The van der Waals surface area contributed by atoms with Crippen LogP contribution >= 0.6 is 0 Å². The minimum absolute atomic E-state index is 0.177. The number of carbonyl (C=O) groups is 1. The Morgan fingerprint density at radius 1 is 1.53 bits per heavy atom. The molecule has 1 fully saturated rings.